The zero-order chi connectivity index (χ0) is 17.6. The average Bonchev–Trinajstić information content (AvgIpc) is 3.18. The number of methoxy groups -OCH3 is 1. The van der Waals surface area contributed by atoms with Crippen LogP contribution in [0.5, 0.6) is 0 Å². The highest BCUT2D eigenvalue weighted by Gasteiger charge is 2.62. The van der Waals surface area contributed by atoms with Crippen LogP contribution < -0.4 is 0 Å². The first-order valence-corrected chi connectivity index (χ1v) is 8.05. The number of carbonyl (C=O) groups excluding carboxylic acids is 3. The van der Waals surface area contributed by atoms with Crippen LogP contribution >= 0.6 is 0 Å². The third-order valence-electron chi connectivity index (χ3n) is 4.90. The molecule has 0 radical (unpaired) electrons. The van der Waals surface area contributed by atoms with Gasteiger partial charge < -0.3 is 14.2 Å². The van der Waals surface area contributed by atoms with Crippen LogP contribution in [0.2, 0.25) is 0 Å². The minimum atomic E-state index is -1.62. The Morgan fingerprint density at radius 2 is 2.04 bits per heavy atom. The molecule has 0 aliphatic carbocycles. The van der Waals surface area contributed by atoms with E-state index in [-0.39, 0.29) is 18.8 Å². The second-order valence-electron chi connectivity index (χ2n) is 6.28. The number of nitrogens with zero attached hydrogens (tertiary/aromatic N) is 1. The van der Waals surface area contributed by atoms with E-state index in [0.29, 0.717) is 0 Å². The molecule has 0 N–H and O–H groups in total. The molecule has 0 spiro atoms. The van der Waals surface area contributed by atoms with Gasteiger partial charge >= 0.3 is 12.1 Å². The first-order chi connectivity index (χ1) is 12.1. The maximum Gasteiger partial charge on any atom is 0.411 e. The highest BCUT2D eigenvalue weighted by molar-refractivity contribution is 5.99. The van der Waals surface area contributed by atoms with Crippen LogP contribution in [0.3, 0.4) is 0 Å². The Morgan fingerprint density at radius 1 is 1.28 bits per heavy atom. The van der Waals surface area contributed by atoms with Gasteiger partial charge in [0, 0.05) is 6.42 Å². The molecule has 7 heteroatoms. The van der Waals surface area contributed by atoms with Crippen molar-refractivity contribution in [2.24, 2.45) is 0 Å². The van der Waals surface area contributed by atoms with Crippen molar-refractivity contribution in [1.82, 2.24) is 4.90 Å². The van der Waals surface area contributed by atoms with E-state index in [1.54, 1.807) is 6.08 Å². The van der Waals surface area contributed by atoms with Gasteiger partial charge in [-0.25, -0.2) is 9.59 Å². The smallest absolute Gasteiger partial charge is 0.411 e. The predicted octanol–water partition coefficient (Wildman–Crippen LogP) is 1.39. The Hall–Kier alpha value is -2.67. The molecule has 0 unspecified atom stereocenters. The molecule has 0 saturated carbocycles. The SMILES string of the molecule is COC(=O)[C@@]12C=C[C@@H](CC(=O)[C@H]1N1C(=O)OC[C@H]1c1ccccc1)O2. The van der Waals surface area contributed by atoms with Gasteiger partial charge in [0.2, 0.25) is 5.60 Å². The largest absolute Gasteiger partial charge is 0.467 e. The summed E-state index contributed by atoms with van der Waals surface area (Å²) in [6.07, 6.45) is 2.19. The van der Waals surface area contributed by atoms with Crippen molar-refractivity contribution in [2.75, 3.05) is 13.7 Å². The van der Waals surface area contributed by atoms with Crippen LogP contribution in [0.4, 0.5) is 4.79 Å². The van der Waals surface area contributed by atoms with Gasteiger partial charge in [-0.05, 0) is 11.6 Å². The van der Waals surface area contributed by atoms with E-state index in [1.165, 1.54) is 18.1 Å². The summed E-state index contributed by atoms with van der Waals surface area (Å²) >= 11 is 0. The standard InChI is InChI=1S/C18H17NO6/c1-23-16(21)18-8-7-12(25-18)9-14(20)15(18)19-13(10-24-17(19)22)11-5-3-2-4-6-11/h2-8,12-13,15H,9-10H2,1H3/t12-,13-,15+,18+/m0/s1. The van der Waals surface area contributed by atoms with E-state index in [2.05, 4.69) is 0 Å². The fraction of sp³-hybridized carbons (Fsp3) is 0.389. The summed E-state index contributed by atoms with van der Waals surface area (Å²) in [6, 6.07) is 7.67. The predicted molar refractivity (Wildman–Crippen MR) is 84.5 cm³/mol. The quantitative estimate of drug-likeness (QED) is 0.609. The maximum absolute atomic E-state index is 12.8. The minimum Gasteiger partial charge on any atom is -0.467 e. The van der Waals surface area contributed by atoms with Crippen LogP contribution in [0.1, 0.15) is 18.0 Å². The highest BCUT2D eigenvalue weighted by Crippen LogP contribution is 2.43. The number of carbonyl (C=O) groups is 3. The van der Waals surface area contributed by atoms with Gasteiger partial charge in [-0.1, -0.05) is 36.4 Å². The summed E-state index contributed by atoms with van der Waals surface area (Å²) < 4.78 is 15.9. The van der Waals surface area contributed by atoms with Crippen molar-refractivity contribution < 1.29 is 28.6 Å². The number of benzene rings is 1. The molecule has 7 nitrogen and oxygen atoms in total. The molecule has 2 fully saturated rings. The fourth-order valence-electron chi connectivity index (χ4n) is 3.79. The van der Waals surface area contributed by atoms with Crippen molar-refractivity contribution in [1.29, 1.82) is 0 Å². The lowest BCUT2D eigenvalue weighted by Gasteiger charge is -2.42. The van der Waals surface area contributed by atoms with Crippen molar-refractivity contribution in [2.45, 2.75) is 30.2 Å². The van der Waals surface area contributed by atoms with Gasteiger partial charge in [0.15, 0.2) is 5.78 Å². The lowest BCUT2D eigenvalue weighted by atomic mass is 9.86. The molecule has 1 aromatic rings. The first-order valence-electron chi connectivity index (χ1n) is 8.05. The topological polar surface area (TPSA) is 82.1 Å². The lowest BCUT2D eigenvalue weighted by molar-refractivity contribution is -0.182. The summed E-state index contributed by atoms with van der Waals surface area (Å²) in [4.78, 5) is 39.1. The Balaban J connectivity index is 1.79. The first kappa shape index (κ1) is 15.8. The van der Waals surface area contributed by atoms with Crippen molar-refractivity contribution >= 4 is 17.8 Å². The molecule has 2 saturated heterocycles. The third-order valence-corrected chi connectivity index (χ3v) is 4.90. The Morgan fingerprint density at radius 3 is 2.76 bits per heavy atom. The van der Waals surface area contributed by atoms with Gasteiger partial charge in [0.1, 0.15) is 12.6 Å². The van der Waals surface area contributed by atoms with E-state index >= 15 is 0 Å². The van der Waals surface area contributed by atoms with E-state index in [9.17, 15) is 14.4 Å². The van der Waals surface area contributed by atoms with Crippen LogP contribution in [-0.4, -0.2) is 54.2 Å². The zero-order valence-corrected chi connectivity index (χ0v) is 13.6. The average molecular weight is 343 g/mol. The van der Waals surface area contributed by atoms with Gasteiger partial charge in [0.05, 0.1) is 19.3 Å². The van der Waals surface area contributed by atoms with E-state index in [1.807, 2.05) is 30.3 Å². The van der Waals surface area contributed by atoms with Crippen LogP contribution in [0.15, 0.2) is 42.5 Å². The van der Waals surface area contributed by atoms with E-state index in [0.717, 1.165) is 5.56 Å². The molecule has 3 aliphatic rings. The van der Waals surface area contributed by atoms with E-state index in [4.69, 9.17) is 14.2 Å². The van der Waals surface area contributed by atoms with E-state index < -0.39 is 35.9 Å². The van der Waals surface area contributed by atoms with Crippen molar-refractivity contribution in [3.63, 3.8) is 0 Å². The molecule has 130 valence electrons. The van der Waals surface area contributed by atoms with Crippen molar-refractivity contribution in [3.05, 3.63) is 48.0 Å². The number of amides is 1. The molecular weight excluding hydrogens is 326 g/mol. The number of ketones is 1. The number of ether oxygens (including phenoxy) is 3. The monoisotopic (exact) mass is 343 g/mol. The normalized spacial score (nSPS) is 33.5. The summed E-state index contributed by atoms with van der Waals surface area (Å²) in [7, 11) is 1.23. The summed E-state index contributed by atoms with van der Waals surface area (Å²) in [5.74, 6) is -0.942. The zero-order valence-electron chi connectivity index (χ0n) is 13.6. The lowest BCUT2D eigenvalue weighted by Crippen LogP contribution is -2.64. The summed E-state index contributed by atoms with van der Waals surface area (Å²) in [6.45, 7) is 0.108. The Bertz CT molecular complexity index is 760. The summed E-state index contributed by atoms with van der Waals surface area (Å²) in [5.41, 5.74) is -0.796. The fourth-order valence-corrected chi connectivity index (χ4v) is 3.79. The number of Topliss-reactive ketones (excluding diaryl/α,β-unsaturated/α-hetero) is 1. The highest BCUT2D eigenvalue weighted by atomic mass is 16.6. The second-order valence-corrected chi connectivity index (χ2v) is 6.28. The van der Waals surface area contributed by atoms with Crippen LogP contribution in [0.25, 0.3) is 0 Å². The molecule has 3 heterocycles. The Kier molecular flexibility index (Phi) is 3.61. The number of fused-ring (bicyclic) bond motifs is 2. The Labute approximate surface area is 144 Å². The molecule has 25 heavy (non-hydrogen) atoms. The molecular formula is C18H17NO6. The maximum atomic E-state index is 12.8. The van der Waals surface area contributed by atoms with Gasteiger partial charge in [-0.2, -0.15) is 0 Å². The van der Waals surface area contributed by atoms with Gasteiger partial charge in [0.25, 0.3) is 0 Å². The summed E-state index contributed by atoms with van der Waals surface area (Å²) in [5, 5.41) is 0. The second kappa shape index (κ2) is 5.70. The third kappa shape index (κ3) is 2.26. The number of esters is 1. The van der Waals surface area contributed by atoms with Crippen LogP contribution in [-0.2, 0) is 23.8 Å². The molecule has 4 rings (SSSR count). The van der Waals surface area contributed by atoms with Crippen LogP contribution in [0, 0.1) is 0 Å². The number of rotatable bonds is 3. The number of cyclic esters (lactones) is 1. The minimum absolute atomic E-state index is 0.102. The van der Waals surface area contributed by atoms with Gasteiger partial charge in [-0.15, -0.1) is 0 Å². The van der Waals surface area contributed by atoms with Gasteiger partial charge in [-0.3, -0.25) is 9.69 Å². The molecule has 1 amide bonds. The molecule has 0 aromatic heterocycles. The molecule has 1 aromatic carbocycles. The number of hydrogen-bond donors (Lipinski definition) is 0. The molecule has 2 bridgehead atoms. The number of hydrogen-bond acceptors (Lipinski definition) is 6. The van der Waals surface area contributed by atoms with Crippen molar-refractivity contribution in [3.8, 4) is 0 Å². The molecule has 3 aliphatic heterocycles. The molecule has 4 atom stereocenters.